The molecule has 0 spiro atoms. The Hall–Kier alpha value is -0.850. The number of furan rings is 1. The van der Waals surface area contributed by atoms with Gasteiger partial charge in [-0.15, -0.1) is 0 Å². The Bertz CT molecular complexity index is 549. The molecule has 122 valence electrons. The van der Waals surface area contributed by atoms with Gasteiger partial charge in [0.25, 0.3) is 0 Å². The molecule has 0 radical (unpaired) electrons. The van der Waals surface area contributed by atoms with Crippen molar-refractivity contribution in [1.82, 2.24) is 10.0 Å². The third kappa shape index (κ3) is 5.13. The summed E-state index contributed by atoms with van der Waals surface area (Å²) in [5.74, 6) is 1.35. The van der Waals surface area contributed by atoms with E-state index in [0.717, 1.165) is 6.42 Å². The van der Waals surface area contributed by atoms with Gasteiger partial charge in [-0.2, -0.15) is 0 Å². The zero-order valence-corrected chi connectivity index (χ0v) is 14.7. The second kappa shape index (κ2) is 7.42. The van der Waals surface area contributed by atoms with Crippen LogP contribution in [0.5, 0.6) is 0 Å². The summed E-state index contributed by atoms with van der Waals surface area (Å²) in [4.78, 5) is 0.234. The van der Waals surface area contributed by atoms with Gasteiger partial charge in [-0.25, -0.2) is 13.1 Å². The molecule has 21 heavy (non-hydrogen) atoms. The Balaban J connectivity index is 2.88. The summed E-state index contributed by atoms with van der Waals surface area (Å²) in [6, 6.07) is 1.82. The lowest BCUT2D eigenvalue weighted by Gasteiger charge is -2.19. The Kier molecular flexibility index (Phi) is 6.43. The largest absolute Gasteiger partial charge is 0.464 e. The van der Waals surface area contributed by atoms with Crippen molar-refractivity contribution in [3.63, 3.8) is 0 Å². The van der Waals surface area contributed by atoms with Gasteiger partial charge in [-0.1, -0.05) is 34.1 Å². The summed E-state index contributed by atoms with van der Waals surface area (Å²) < 4.78 is 33.2. The number of hydrogen-bond donors (Lipinski definition) is 2. The molecule has 0 aliphatic rings. The zero-order chi connectivity index (χ0) is 16.2. The summed E-state index contributed by atoms with van der Waals surface area (Å²) in [5, 5.41) is 3.21. The summed E-state index contributed by atoms with van der Waals surface area (Å²) in [7, 11) is -3.53. The molecule has 1 aromatic heterocycles. The van der Waals surface area contributed by atoms with Crippen LogP contribution in [0.3, 0.4) is 0 Å². The Morgan fingerprint density at radius 1 is 1.24 bits per heavy atom. The van der Waals surface area contributed by atoms with Gasteiger partial charge in [0, 0.05) is 18.2 Å². The third-order valence-electron chi connectivity index (χ3n) is 3.74. The van der Waals surface area contributed by atoms with Crippen LogP contribution in [-0.2, 0) is 16.6 Å². The molecule has 0 aliphatic carbocycles. The highest BCUT2D eigenvalue weighted by molar-refractivity contribution is 7.89. The van der Waals surface area contributed by atoms with Crippen LogP contribution in [0.4, 0.5) is 0 Å². The van der Waals surface area contributed by atoms with Crippen LogP contribution in [0.1, 0.15) is 52.6 Å². The smallest absolute Gasteiger partial charge is 0.244 e. The van der Waals surface area contributed by atoms with Gasteiger partial charge in [0.2, 0.25) is 10.0 Å². The minimum Gasteiger partial charge on any atom is -0.464 e. The molecule has 2 atom stereocenters. The molecule has 2 unspecified atom stereocenters. The molecule has 0 aliphatic heterocycles. The summed E-state index contributed by atoms with van der Waals surface area (Å²) >= 11 is 0. The van der Waals surface area contributed by atoms with Gasteiger partial charge in [-0.3, -0.25) is 0 Å². The maximum atomic E-state index is 12.4. The Labute approximate surface area is 128 Å². The predicted molar refractivity (Wildman–Crippen MR) is 84.7 cm³/mol. The topological polar surface area (TPSA) is 71.3 Å². The molecule has 5 nitrogen and oxygen atoms in total. The Morgan fingerprint density at radius 2 is 1.86 bits per heavy atom. The SMILES string of the molecule is CCC(C)C(C)NS(=O)(=O)c1cc(CNC(C)C)oc1C. The lowest BCUT2D eigenvalue weighted by Crippen LogP contribution is -2.36. The molecule has 1 rings (SSSR count). The molecule has 1 heterocycles. The summed E-state index contributed by atoms with van der Waals surface area (Å²) in [5.41, 5.74) is 0. The van der Waals surface area contributed by atoms with Crippen molar-refractivity contribution in [3.05, 3.63) is 17.6 Å². The van der Waals surface area contributed by atoms with Crippen molar-refractivity contribution in [3.8, 4) is 0 Å². The lowest BCUT2D eigenvalue weighted by atomic mass is 10.0. The number of aryl methyl sites for hydroxylation is 1. The van der Waals surface area contributed by atoms with E-state index in [9.17, 15) is 8.42 Å². The van der Waals surface area contributed by atoms with Crippen LogP contribution < -0.4 is 10.0 Å². The highest BCUT2D eigenvalue weighted by Gasteiger charge is 2.25. The number of sulfonamides is 1. The van der Waals surface area contributed by atoms with Gasteiger partial charge in [0.1, 0.15) is 16.4 Å². The van der Waals surface area contributed by atoms with Crippen molar-refractivity contribution in [2.75, 3.05) is 0 Å². The van der Waals surface area contributed by atoms with E-state index in [2.05, 4.69) is 10.0 Å². The van der Waals surface area contributed by atoms with Crippen LogP contribution >= 0.6 is 0 Å². The molecule has 0 aromatic carbocycles. The number of nitrogens with one attached hydrogen (secondary N) is 2. The molecule has 0 fully saturated rings. The van der Waals surface area contributed by atoms with E-state index in [4.69, 9.17) is 4.42 Å². The third-order valence-corrected chi connectivity index (χ3v) is 5.40. The maximum Gasteiger partial charge on any atom is 0.244 e. The average Bonchev–Trinajstić information content (AvgIpc) is 2.77. The quantitative estimate of drug-likeness (QED) is 0.773. The van der Waals surface area contributed by atoms with E-state index in [1.54, 1.807) is 13.0 Å². The highest BCUT2D eigenvalue weighted by Crippen LogP contribution is 2.21. The highest BCUT2D eigenvalue weighted by atomic mass is 32.2. The molecule has 1 aromatic rings. The first-order valence-electron chi connectivity index (χ1n) is 7.52. The molecule has 6 heteroatoms. The van der Waals surface area contributed by atoms with Crippen LogP contribution in [-0.4, -0.2) is 20.5 Å². The van der Waals surface area contributed by atoms with Gasteiger partial charge >= 0.3 is 0 Å². The average molecular weight is 316 g/mol. The Morgan fingerprint density at radius 3 is 2.38 bits per heavy atom. The zero-order valence-electron chi connectivity index (χ0n) is 13.9. The minimum absolute atomic E-state index is 0.105. The van der Waals surface area contributed by atoms with Gasteiger partial charge in [0.15, 0.2) is 0 Å². The van der Waals surface area contributed by atoms with E-state index in [-0.39, 0.29) is 16.9 Å². The van der Waals surface area contributed by atoms with Gasteiger partial charge < -0.3 is 9.73 Å². The van der Waals surface area contributed by atoms with Crippen molar-refractivity contribution in [2.45, 2.75) is 71.5 Å². The van der Waals surface area contributed by atoms with Crippen LogP contribution in [0.2, 0.25) is 0 Å². The van der Waals surface area contributed by atoms with E-state index in [1.807, 2.05) is 34.6 Å². The number of hydrogen-bond acceptors (Lipinski definition) is 4. The molecular formula is C15H28N2O3S. The second-order valence-electron chi connectivity index (χ2n) is 5.96. The minimum atomic E-state index is -3.53. The van der Waals surface area contributed by atoms with Crippen LogP contribution in [0, 0.1) is 12.8 Å². The molecule has 0 amide bonds. The second-order valence-corrected chi connectivity index (χ2v) is 7.65. The lowest BCUT2D eigenvalue weighted by molar-refractivity contribution is 0.431. The van der Waals surface area contributed by atoms with Gasteiger partial charge in [-0.05, 0) is 19.8 Å². The van der Waals surface area contributed by atoms with Crippen molar-refractivity contribution in [1.29, 1.82) is 0 Å². The van der Waals surface area contributed by atoms with Crippen molar-refractivity contribution >= 4 is 10.0 Å². The van der Waals surface area contributed by atoms with Crippen molar-refractivity contribution in [2.24, 2.45) is 5.92 Å². The molecule has 0 saturated carbocycles. The maximum absolute atomic E-state index is 12.4. The predicted octanol–water partition coefficient (Wildman–Crippen LogP) is 2.80. The normalized spacial score (nSPS) is 15.4. The molecular weight excluding hydrogens is 288 g/mol. The molecule has 0 saturated heterocycles. The van der Waals surface area contributed by atoms with Crippen molar-refractivity contribution < 1.29 is 12.8 Å². The summed E-state index contributed by atoms with van der Waals surface area (Å²) in [6.45, 7) is 12.2. The van der Waals surface area contributed by atoms with E-state index >= 15 is 0 Å². The first-order valence-corrected chi connectivity index (χ1v) is 9.00. The first kappa shape index (κ1) is 18.2. The fourth-order valence-corrected chi connectivity index (χ4v) is 3.52. The first-order chi connectivity index (χ1) is 9.67. The van der Waals surface area contributed by atoms with Gasteiger partial charge in [0.05, 0.1) is 6.54 Å². The van der Waals surface area contributed by atoms with E-state index in [1.165, 1.54) is 0 Å². The summed E-state index contributed by atoms with van der Waals surface area (Å²) in [6.07, 6.45) is 0.928. The van der Waals surface area contributed by atoms with Crippen LogP contribution in [0.15, 0.2) is 15.4 Å². The molecule has 2 N–H and O–H groups in total. The van der Waals surface area contributed by atoms with E-state index in [0.29, 0.717) is 24.1 Å². The fourth-order valence-electron chi connectivity index (χ4n) is 1.96. The van der Waals surface area contributed by atoms with E-state index < -0.39 is 10.0 Å². The fraction of sp³-hybridized carbons (Fsp3) is 0.733. The molecule has 0 bridgehead atoms. The monoisotopic (exact) mass is 316 g/mol. The standard InChI is InChI=1S/C15H28N2O3S/c1-7-11(4)12(5)17-21(18,19)15-8-14(20-13(15)6)9-16-10(2)3/h8,10-12,16-17H,7,9H2,1-6H3. The number of rotatable bonds is 8. The van der Waals surface area contributed by atoms with Crippen LogP contribution in [0.25, 0.3) is 0 Å².